The van der Waals surface area contributed by atoms with Gasteiger partial charge in [-0.2, -0.15) is 0 Å². The fourth-order valence-corrected chi connectivity index (χ4v) is 3.77. The minimum Gasteiger partial charge on any atom is -0.479 e. The third-order valence-corrected chi connectivity index (χ3v) is 5.61. The molecule has 24 heavy (non-hydrogen) atoms. The van der Waals surface area contributed by atoms with Crippen LogP contribution in [0.1, 0.15) is 24.5 Å². The molecule has 1 amide bonds. The van der Waals surface area contributed by atoms with Gasteiger partial charge in [-0.15, -0.1) is 11.8 Å². The highest BCUT2D eigenvalue weighted by molar-refractivity contribution is 8.00. The van der Waals surface area contributed by atoms with Crippen molar-refractivity contribution in [2.75, 3.05) is 30.7 Å². The molecule has 0 spiro atoms. The molecule has 0 saturated carbocycles. The van der Waals surface area contributed by atoms with E-state index in [9.17, 15) is 19.8 Å². The summed E-state index contributed by atoms with van der Waals surface area (Å²) in [6, 6.07) is 5.50. The van der Waals surface area contributed by atoms with Crippen molar-refractivity contribution < 1.29 is 24.9 Å². The molecule has 1 aromatic carbocycles. The molecule has 1 fully saturated rings. The number of carbonyl (C=O) groups is 2. The van der Waals surface area contributed by atoms with Gasteiger partial charge in [0.05, 0.1) is 17.5 Å². The number of anilines is 1. The second-order valence-electron chi connectivity index (χ2n) is 6.25. The Morgan fingerprint density at radius 3 is 2.75 bits per heavy atom. The number of fused-ring (bicyclic) bond motifs is 1. The molecule has 1 atom stereocenters. The summed E-state index contributed by atoms with van der Waals surface area (Å²) >= 11 is 1.47. The molecule has 3 rings (SSSR count). The SMILES string of the molecule is O=C1CSc2ccc([C@@H](O)CN3CCC(O)(C(=O)O)CC3)cc2N1. The zero-order chi connectivity index (χ0) is 17.3. The van der Waals surface area contributed by atoms with Gasteiger partial charge in [0.2, 0.25) is 5.91 Å². The number of carbonyl (C=O) groups excluding carboxylic acids is 1. The highest BCUT2D eigenvalue weighted by Gasteiger charge is 2.39. The number of nitrogens with zero attached hydrogens (tertiary/aromatic N) is 1. The minimum absolute atomic E-state index is 0.0527. The number of carboxylic acids is 1. The lowest BCUT2D eigenvalue weighted by Crippen LogP contribution is -2.50. The summed E-state index contributed by atoms with van der Waals surface area (Å²) in [7, 11) is 0. The summed E-state index contributed by atoms with van der Waals surface area (Å²) < 4.78 is 0. The molecule has 0 aromatic heterocycles. The largest absolute Gasteiger partial charge is 0.479 e. The van der Waals surface area contributed by atoms with Crippen LogP contribution in [0.3, 0.4) is 0 Å². The zero-order valence-electron chi connectivity index (χ0n) is 13.1. The van der Waals surface area contributed by atoms with Crippen LogP contribution in [-0.4, -0.2) is 63.1 Å². The quantitative estimate of drug-likeness (QED) is 0.630. The van der Waals surface area contributed by atoms with E-state index >= 15 is 0 Å². The normalized spacial score (nSPS) is 21.7. The molecule has 7 nitrogen and oxygen atoms in total. The molecule has 2 aliphatic rings. The highest BCUT2D eigenvalue weighted by atomic mass is 32.2. The van der Waals surface area contributed by atoms with Gasteiger partial charge in [-0.25, -0.2) is 4.79 Å². The van der Waals surface area contributed by atoms with Gasteiger partial charge in [0.1, 0.15) is 0 Å². The van der Waals surface area contributed by atoms with Crippen molar-refractivity contribution in [2.45, 2.75) is 29.4 Å². The predicted molar refractivity (Wildman–Crippen MR) is 89.0 cm³/mol. The number of carboxylic acid groups (broad SMARTS) is 1. The van der Waals surface area contributed by atoms with Gasteiger partial charge in [0.25, 0.3) is 0 Å². The summed E-state index contributed by atoms with van der Waals surface area (Å²) in [5.41, 5.74) is -0.239. The van der Waals surface area contributed by atoms with E-state index in [4.69, 9.17) is 5.11 Å². The lowest BCUT2D eigenvalue weighted by Gasteiger charge is -2.36. The van der Waals surface area contributed by atoms with Crippen LogP contribution in [0.25, 0.3) is 0 Å². The fraction of sp³-hybridized carbons (Fsp3) is 0.500. The van der Waals surface area contributed by atoms with Crippen LogP contribution in [0.4, 0.5) is 5.69 Å². The van der Waals surface area contributed by atoms with Crippen LogP contribution < -0.4 is 5.32 Å². The number of benzene rings is 1. The van der Waals surface area contributed by atoms with E-state index in [-0.39, 0.29) is 18.7 Å². The molecule has 0 bridgehead atoms. The number of likely N-dealkylation sites (tertiary alicyclic amines) is 1. The standard InChI is InChI=1S/C16H20N2O5S/c19-12(8-18-5-3-16(23,4-6-18)15(21)22)10-1-2-13-11(7-10)17-14(20)9-24-13/h1-2,7,12,19,23H,3-6,8-9H2,(H,17,20)(H,21,22)/t12-/m0/s1. The average molecular weight is 352 g/mol. The smallest absolute Gasteiger partial charge is 0.335 e. The van der Waals surface area contributed by atoms with Gasteiger partial charge in [-0.3, -0.25) is 4.79 Å². The van der Waals surface area contributed by atoms with Crippen molar-refractivity contribution in [1.29, 1.82) is 0 Å². The number of nitrogens with one attached hydrogen (secondary N) is 1. The van der Waals surface area contributed by atoms with E-state index in [2.05, 4.69) is 5.32 Å². The number of thioether (sulfide) groups is 1. The third kappa shape index (κ3) is 3.56. The number of aliphatic hydroxyl groups is 2. The molecule has 2 aliphatic heterocycles. The Labute approximate surface area is 143 Å². The fourth-order valence-electron chi connectivity index (χ4n) is 2.98. The van der Waals surface area contributed by atoms with Crippen molar-refractivity contribution in [3.8, 4) is 0 Å². The number of β-amino-alcohol motifs (C(OH)–C–C–N with tert-alkyl or cyclic N) is 1. The van der Waals surface area contributed by atoms with Gasteiger partial charge in [-0.05, 0) is 30.5 Å². The van der Waals surface area contributed by atoms with Gasteiger partial charge in [0, 0.05) is 24.5 Å². The number of rotatable bonds is 4. The average Bonchev–Trinajstić information content (AvgIpc) is 2.56. The summed E-state index contributed by atoms with van der Waals surface area (Å²) in [5, 5.41) is 32.2. The topological polar surface area (TPSA) is 110 Å². The molecule has 2 heterocycles. The van der Waals surface area contributed by atoms with Crippen LogP contribution >= 0.6 is 11.8 Å². The molecular weight excluding hydrogens is 332 g/mol. The molecule has 1 aromatic rings. The van der Waals surface area contributed by atoms with E-state index in [0.717, 1.165) is 4.90 Å². The van der Waals surface area contributed by atoms with E-state index in [1.165, 1.54) is 11.8 Å². The molecule has 4 N–H and O–H groups in total. The van der Waals surface area contributed by atoms with Crippen LogP contribution in [0.5, 0.6) is 0 Å². The number of piperidine rings is 1. The van der Waals surface area contributed by atoms with Crippen molar-refractivity contribution in [3.63, 3.8) is 0 Å². The molecule has 1 saturated heterocycles. The lowest BCUT2D eigenvalue weighted by atomic mass is 9.91. The Hall–Kier alpha value is -1.61. The number of aliphatic hydroxyl groups excluding tert-OH is 1. The second kappa shape index (κ2) is 6.72. The van der Waals surface area contributed by atoms with E-state index < -0.39 is 17.7 Å². The molecule has 0 unspecified atom stereocenters. The molecule has 8 heteroatoms. The summed E-state index contributed by atoms with van der Waals surface area (Å²) in [6.07, 6.45) is -0.451. The Kier molecular flexibility index (Phi) is 4.82. The van der Waals surface area contributed by atoms with Crippen molar-refractivity contribution in [1.82, 2.24) is 4.90 Å². The van der Waals surface area contributed by atoms with Crippen LogP contribution in [0.2, 0.25) is 0 Å². The Bertz CT molecular complexity index is 658. The first-order valence-corrected chi connectivity index (χ1v) is 8.79. The first kappa shape index (κ1) is 17.2. The number of hydrogen-bond acceptors (Lipinski definition) is 6. The van der Waals surface area contributed by atoms with Crippen LogP contribution in [-0.2, 0) is 9.59 Å². The zero-order valence-corrected chi connectivity index (χ0v) is 13.9. The highest BCUT2D eigenvalue weighted by Crippen LogP contribution is 2.33. The van der Waals surface area contributed by atoms with Crippen LogP contribution in [0.15, 0.2) is 23.1 Å². The summed E-state index contributed by atoms with van der Waals surface area (Å²) in [5.74, 6) is -0.844. The Balaban J connectivity index is 1.62. The molecule has 130 valence electrons. The predicted octanol–water partition coefficient (Wildman–Crippen LogP) is 0.676. The number of amides is 1. The third-order valence-electron chi connectivity index (χ3n) is 4.53. The maximum Gasteiger partial charge on any atom is 0.335 e. The van der Waals surface area contributed by atoms with Crippen LogP contribution in [0, 0.1) is 0 Å². The summed E-state index contributed by atoms with van der Waals surface area (Å²) in [4.78, 5) is 25.4. The minimum atomic E-state index is -1.66. The van der Waals surface area contributed by atoms with E-state index in [1.807, 2.05) is 17.0 Å². The summed E-state index contributed by atoms with van der Waals surface area (Å²) in [6.45, 7) is 1.18. The van der Waals surface area contributed by atoms with Crippen molar-refractivity contribution >= 4 is 29.3 Å². The number of aliphatic carboxylic acids is 1. The van der Waals surface area contributed by atoms with Crippen molar-refractivity contribution in [2.24, 2.45) is 0 Å². The van der Waals surface area contributed by atoms with Gasteiger partial charge in [-0.1, -0.05) is 6.07 Å². The van der Waals surface area contributed by atoms with E-state index in [1.54, 1.807) is 6.07 Å². The Morgan fingerprint density at radius 1 is 1.38 bits per heavy atom. The first-order chi connectivity index (χ1) is 11.4. The number of hydrogen-bond donors (Lipinski definition) is 4. The second-order valence-corrected chi connectivity index (χ2v) is 7.26. The molecule has 0 radical (unpaired) electrons. The monoisotopic (exact) mass is 352 g/mol. The molecular formula is C16H20N2O5S. The maximum absolute atomic E-state index is 11.5. The van der Waals surface area contributed by atoms with Gasteiger partial charge >= 0.3 is 5.97 Å². The Morgan fingerprint density at radius 2 is 2.08 bits per heavy atom. The van der Waals surface area contributed by atoms with E-state index in [0.29, 0.717) is 36.6 Å². The maximum atomic E-state index is 11.5. The lowest BCUT2D eigenvalue weighted by molar-refractivity contribution is -0.163. The van der Waals surface area contributed by atoms with Gasteiger partial charge in [0.15, 0.2) is 5.60 Å². The molecule has 0 aliphatic carbocycles. The van der Waals surface area contributed by atoms with Crippen molar-refractivity contribution in [3.05, 3.63) is 23.8 Å². The van der Waals surface area contributed by atoms with Gasteiger partial charge < -0.3 is 25.5 Å². The first-order valence-electron chi connectivity index (χ1n) is 7.80.